The van der Waals surface area contributed by atoms with Gasteiger partial charge in [-0.3, -0.25) is 0 Å². The van der Waals surface area contributed by atoms with E-state index >= 15 is 0 Å². The van der Waals surface area contributed by atoms with Crippen molar-refractivity contribution in [3.05, 3.63) is 6.61 Å². The first-order valence-corrected chi connectivity index (χ1v) is 2.17. The normalized spacial score (nSPS) is 9.00. The molecule has 0 aliphatic heterocycles. The average molecular weight is 86.1 g/mol. The summed E-state index contributed by atoms with van der Waals surface area (Å²) in [6, 6.07) is 0. The first kappa shape index (κ1) is 5.96. The van der Waals surface area contributed by atoms with Crippen LogP contribution in [0.3, 0.4) is 0 Å². The van der Waals surface area contributed by atoms with Gasteiger partial charge in [0.15, 0.2) is 0 Å². The summed E-state index contributed by atoms with van der Waals surface area (Å²) in [5.41, 5.74) is 0. The highest BCUT2D eigenvalue weighted by molar-refractivity contribution is 4.43. The Kier molecular flexibility index (Phi) is 4.93. The van der Waals surface area contributed by atoms with Gasteiger partial charge >= 0.3 is 0 Å². The molecule has 0 aromatic rings. The van der Waals surface area contributed by atoms with Crippen molar-refractivity contribution in [2.24, 2.45) is 0 Å². The smallest absolute Gasteiger partial charge is 0.131 e. The zero-order valence-corrected chi connectivity index (χ0v) is 4.32. The van der Waals surface area contributed by atoms with Crippen LogP contribution in [0.1, 0.15) is 19.8 Å². The first-order valence-electron chi connectivity index (χ1n) is 2.17. The van der Waals surface area contributed by atoms with Crippen LogP contribution in [0.5, 0.6) is 0 Å². The number of rotatable bonds is 3. The number of methoxy groups -OCH3 is 1. The van der Waals surface area contributed by atoms with E-state index in [1.54, 1.807) is 7.11 Å². The molecule has 0 fully saturated rings. The van der Waals surface area contributed by atoms with E-state index in [1.165, 1.54) is 0 Å². The molecule has 0 saturated heterocycles. The lowest BCUT2D eigenvalue weighted by Gasteiger charge is -1.86. The van der Waals surface area contributed by atoms with Gasteiger partial charge in [0.2, 0.25) is 0 Å². The van der Waals surface area contributed by atoms with E-state index in [2.05, 4.69) is 18.3 Å². The largest absolute Gasteiger partial charge is 0.372 e. The summed E-state index contributed by atoms with van der Waals surface area (Å²) >= 11 is 0. The van der Waals surface area contributed by atoms with Crippen molar-refractivity contribution >= 4 is 0 Å². The first-order chi connectivity index (χ1) is 2.91. The van der Waals surface area contributed by atoms with Crippen LogP contribution in [0.15, 0.2) is 0 Å². The molecule has 0 aliphatic rings. The maximum Gasteiger partial charge on any atom is 0.131 e. The van der Waals surface area contributed by atoms with Crippen LogP contribution in [0, 0.1) is 6.61 Å². The maximum absolute atomic E-state index is 4.53. The SMILES string of the molecule is CCC[C]OC. The second-order valence-electron chi connectivity index (χ2n) is 1.10. The van der Waals surface area contributed by atoms with E-state index in [0.717, 1.165) is 12.8 Å². The van der Waals surface area contributed by atoms with E-state index in [0.29, 0.717) is 0 Å². The molecular formula is C5H10O. The van der Waals surface area contributed by atoms with Gasteiger partial charge in [-0.2, -0.15) is 0 Å². The Morgan fingerprint density at radius 2 is 2.33 bits per heavy atom. The van der Waals surface area contributed by atoms with Crippen LogP contribution in [-0.2, 0) is 4.74 Å². The van der Waals surface area contributed by atoms with Gasteiger partial charge in [0.1, 0.15) is 6.61 Å². The van der Waals surface area contributed by atoms with Crippen LogP contribution >= 0.6 is 0 Å². The summed E-state index contributed by atoms with van der Waals surface area (Å²) in [6.07, 6.45) is 2.06. The summed E-state index contributed by atoms with van der Waals surface area (Å²) < 4.78 is 4.53. The van der Waals surface area contributed by atoms with Gasteiger partial charge in [0.05, 0.1) is 0 Å². The van der Waals surface area contributed by atoms with Crippen LogP contribution < -0.4 is 0 Å². The summed E-state index contributed by atoms with van der Waals surface area (Å²) in [7, 11) is 1.62. The van der Waals surface area contributed by atoms with Gasteiger partial charge in [-0.15, -0.1) is 0 Å². The van der Waals surface area contributed by atoms with Gasteiger partial charge in [0, 0.05) is 7.11 Å². The summed E-state index contributed by atoms with van der Waals surface area (Å²) in [5, 5.41) is 0. The predicted molar refractivity (Wildman–Crippen MR) is 25.2 cm³/mol. The second-order valence-corrected chi connectivity index (χ2v) is 1.10. The monoisotopic (exact) mass is 86.1 g/mol. The number of ether oxygens (including phenoxy) is 1. The van der Waals surface area contributed by atoms with E-state index < -0.39 is 0 Å². The minimum atomic E-state index is 0.941. The molecule has 2 radical (unpaired) electrons. The van der Waals surface area contributed by atoms with Crippen LogP contribution in [0.2, 0.25) is 0 Å². The van der Waals surface area contributed by atoms with Crippen molar-refractivity contribution in [3.8, 4) is 0 Å². The molecule has 0 bridgehead atoms. The molecule has 0 unspecified atom stereocenters. The highest BCUT2D eigenvalue weighted by atomic mass is 16.5. The molecule has 6 heavy (non-hydrogen) atoms. The zero-order valence-electron chi connectivity index (χ0n) is 4.32. The molecule has 1 heteroatoms. The fourth-order valence-corrected chi connectivity index (χ4v) is 0.204. The molecule has 0 aromatic carbocycles. The van der Waals surface area contributed by atoms with Gasteiger partial charge in [-0.05, 0) is 6.42 Å². The van der Waals surface area contributed by atoms with Gasteiger partial charge in [-0.25, -0.2) is 0 Å². The van der Waals surface area contributed by atoms with Crippen molar-refractivity contribution in [2.75, 3.05) is 7.11 Å². The lowest BCUT2D eigenvalue weighted by atomic mass is 10.4. The Labute approximate surface area is 39.3 Å². The molecular weight excluding hydrogens is 76.1 g/mol. The Hall–Kier alpha value is -0.0400. The average Bonchev–Trinajstić information content (AvgIpc) is 1.61. The Morgan fingerprint density at radius 1 is 1.67 bits per heavy atom. The van der Waals surface area contributed by atoms with Crippen molar-refractivity contribution in [2.45, 2.75) is 19.8 Å². The van der Waals surface area contributed by atoms with Crippen molar-refractivity contribution in [1.29, 1.82) is 0 Å². The molecule has 0 atom stereocenters. The summed E-state index contributed by atoms with van der Waals surface area (Å²) in [4.78, 5) is 0. The van der Waals surface area contributed by atoms with E-state index in [9.17, 15) is 0 Å². The van der Waals surface area contributed by atoms with Crippen molar-refractivity contribution in [3.63, 3.8) is 0 Å². The van der Waals surface area contributed by atoms with Crippen molar-refractivity contribution < 1.29 is 4.74 Å². The molecule has 0 spiro atoms. The minimum absolute atomic E-state index is 0.941. The van der Waals surface area contributed by atoms with Gasteiger partial charge < -0.3 is 4.74 Å². The minimum Gasteiger partial charge on any atom is -0.372 e. The van der Waals surface area contributed by atoms with Gasteiger partial charge in [0.25, 0.3) is 0 Å². The van der Waals surface area contributed by atoms with E-state index in [4.69, 9.17) is 0 Å². The van der Waals surface area contributed by atoms with Crippen LogP contribution in [0.25, 0.3) is 0 Å². The fourth-order valence-electron chi connectivity index (χ4n) is 0.204. The molecule has 36 valence electrons. The lowest BCUT2D eigenvalue weighted by Crippen LogP contribution is -1.75. The quantitative estimate of drug-likeness (QED) is 0.472. The third-order valence-corrected chi connectivity index (χ3v) is 0.496. The summed E-state index contributed by atoms with van der Waals surface area (Å²) in [6.45, 7) is 4.79. The highest BCUT2D eigenvalue weighted by Crippen LogP contribution is 1.89. The standard InChI is InChI=1S/C5H10O/c1-3-4-5-6-2/h3-4H2,1-2H3. The van der Waals surface area contributed by atoms with Crippen molar-refractivity contribution in [1.82, 2.24) is 0 Å². The van der Waals surface area contributed by atoms with E-state index in [-0.39, 0.29) is 0 Å². The third kappa shape index (κ3) is 3.96. The molecule has 0 aromatic heterocycles. The van der Waals surface area contributed by atoms with Gasteiger partial charge in [-0.1, -0.05) is 13.3 Å². The molecule has 0 aliphatic carbocycles. The predicted octanol–water partition coefficient (Wildman–Crippen LogP) is 1.47. The Morgan fingerprint density at radius 3 is 2.50 bits per heavy atom. The molecule has 1 nitrogen and oxygen atoms in total. The number of unbranched alkanes of at least 4 members (excludes halogenated alkanes) is 1. The number of hydrogen-bond donors (Lipinski definition) is 0. The lowest BCUT2D eigenvalue weighted by molar-refractivity contribution is 0.264. The highest BCUT2D eigenvalue weighted by Gasteiger charge is 1.77. The summed E-state index contributed by atoms with van der Waals surface area (Å²) in [5.74, 6) is 0. The topological polar surface area (TPSA) is 9.23 Å². The third-order valence-electron chi connectivity index (χ3n) is 0.496. The molecule has 0 amide bonds. The Bertz CT molecular complexity index is 15.9. The molecule has 0 heterocycles. The molecule has 0 saturated carbocycles. The van der Waals surface area contributed by atoms with Crippen LogP contribution in [0.4, 0.5) is 0 Å². The Balaban J connectivity index is 2.34. The molecule has 0 N–H and O–H groups in total. The maximum atomic E-state index is 4.53. The second kappa shape index (κ2) is 4.96. The number of hydrogen-bond acceptors (Lipinski definition) is 1. The van der Waals surface area contributed by atoms with Crippen LogP contribution in [-0.4, -0.2) is 7.11 Å². The fraction of sp³-hybridized carbons (Fsp3) is 0.800. The van der Waals surface area contributed by atoms with E-state index in [1.807, 2.05) is 0 Å². The molecule has 0 rings (SSSR count). The zero-order chi connectivity index (χ0) is 4.83.